The third kappa shape index (κ3) is 4.85. The number of benzene rings is 1. The van der Waals surface area contributed by atoms with Crippen molar-refractivity contribution in [3.63, 3.8) is 0 Å². The number of nitrogens with one attached hydrogen (secondary N) is 1. The van der Waals surface area contributed by atoms with Crippen molar-refractivity contribution < 1.29 is 14.0 Å². The average Bonchev–Trinajstić information content (AvgIpc) is 3.52. The number of hydrogen-bond donors (Lipinski definition) is 1. The van der Waals surface area contributed by atoms with Crippen LogP contribution >= 0.6 is 11.5 Å². The molecule has 1 aliphatic rings. The number of rotatable bonds is 7. The standard InChI is InChI=1S/C23H26N4O3S/c1-2-16-10-12-18(13-11-16)27(23(29)19-15-31-26-25-19)21(20-9-6-14-30-20)22(28)24-17-7-4-3-5-8-17/h6,9-15,17,21H,2-5,7-8H2,1H3,(H,24,28). The molecule has 2 aromatic heterocycles. The number of carbonyl (C=O) groups is 2. The molecule has 162 valence electrons. The van der Waals surface area contributed by atoms with E-state index in [1.54, 1.807) is 17.5 Å². The van der Waals surface area contributed by atoms with Gasteiger partial charge in [-0.2, -0.15) is 0 Å². The van der Waals surface area contributed by atoms with E-state index >= 15 is 0 Å². The molecular formula is C23H26N4O3S. The molecule has 1 saturated carbocycles. The minimum atomic E-state index is -0.946. The first-order valence-corrected chi connectivity index (χ1v) is 11.5. The Balaban J connectivity index is 1.73. The summed E-state index contributed by atoms with van der Waals surface area (Å²) in [6, 6.07) is 10.3. The molecule has 1 atom stereocenters. The maximum Gasteiger partial charge on any atom is 0.280 e. The normalized spacial score (nSPS) is 15.4. The Morgan fingerprint density at radius 2 is 1.97 bits per heavy atom. The summed E-state index contributed by atoms with van der Waals surface area (Å²) in [7, 11) is 0. The number of amides is 2. The molecule has 2 heterocycles. The molecule has 8 heteroatoms. The summed E-state index contributed by atoms with van der Waals surface area (Å²) in [4.78, 5) is 28.5. The number of furan rings is 1. The van der Waals surface area contributed by atoms with Gasteiger partial charge >= 0.3 is 0 Å². The minimum Gasteiger partial charge on any atom is -0.467 e. The molecule has 31 heavy (non-hydrogen) atoms. The van der Waals surface area contributed by atoms with Crippen molar-refractivity contribution in [2.75, 3.05) is 4.90 Å². The molecule has 7 nitrogen and oxygen atoms in total. The Morgan fingerprint density at radius 3 is 2.58 bits per heavy atom. The van der Waals surface area contributed by atoms with E-state index in [1.807, 2.05) is 24.3 Å². The molecule has 0 bridgehead atoms. The second-order valence-corrected chi connectivity index (χ2v) is 8.36. The maximum absolute atomic E-state index is 13.5. The van der Waals surface area contributed by atoms with Gasteiger partial charge in [0, 0.05) is 17.1 Å². The molecule has 1 aromatic carbocycles. The molecule has 4 rings (SSSR count). The van der Waals surface area contributed by atoms with Crippen LogP contribution in [-0.4, -0.2) is 27.4 Å². The van der Waals surface area contributed by atoms with Crippen molar-refractivity contribution in [3.05, 3.63) is 65.1 Å². The Bertz CT molecular complexity index is 981. The van der Waals surface area contributed by atoms with E-state index in [-0.39, 0.29) is 17.6 Å². The van der Waals surface area contributed by atoms with Crippen LogP contribution in [0, 0.1) is 0 Å². The van der Waals surface area contributed by atoms with Gasteiger partial charge in [0.25, 0.3) is 11.8 Å². The van der Waals surface area contributed by atoms with Crippen LogP contribution in [0.4, 0.5) is 5.69 Å². The smallest absolute Gasteiger partial charge is 0.280 e. The molecule has 2 amide bonds. The minimum absolute atomic E-state index is 0.110. The van der Waals surface area contributed by atoms with E-state index in [1.165, 1.54) is 17.6 Å². The van der Waals surface area contributed by atoms with Crippen LogP contribution in [0.15, 0.2) is 52.5 Å². The molecular weight excluding hydrogens is 412 g/mol. The summed E-state index contributed by atoms with van der Waals surface area (Å²) < 4.78 is 9.46. The molecule has 1 aliphatic carbocycles. The molecule has 0 saturated heterocycles. The van der Waals surface area contributed by atoms with Crippen molar-refractivity contribution in [3.8, 4) is 0 Å². The first-order chi connectivity index (χ1) is 15.2. The fraction of sp³-hybridized carbons (Fsp3) is 0.391. The highest BCUT2D eigenvalue weighted by Gasteiger charge is 2.37. The topological polar surface area (TPSA) is 88.3 Å². The van der Waals surface area contributed by atoms with Gasteiger partial charge in [0.2, 0.25) is 0 Å². The van der Waals surface area contributed by atoms with E-state index in [0.717, 1.165) is 49.2 Å². The number of aromatic nitrogens is 2. The lowest BCUT2D eigenvalue weighted by Crippen LogP contribution is -2.47. The molecule has 1 unspecified atom stereocenters. The van der Waals surface area contributed by atoms with E-state index in [0.29, 0.717) is 11.4 Å². The van der Waals surface area contributed by atoms with Crippen LogP contribution < -0.4 is 10.2 Å². The van der Waals surface area contributed by atoms with Gasteiger partial charge in [-0.1, -0.05) is 42.8 Å². The first kappa shape index (κ1) is 21.2. The highest BCUT2D eigenvalue weighted by atomic mass is 32.1. The van der Waals surface area contributed by atoms with E-state index in [2.05, 4.69) is 21.8 Å². The lowest BCUT2D eigenvalue weighted by molar-refractivity contribution is -0.123. The van der Waals surface area contributed by atoms with Gasteiger partial charge in [-0.05, 0) is 60.6 Å². The van der Waals surface area contributed by atoms with Gasteiger partial charge in [0.05, 0.1) is 6.26 Å². The molecule has 0 spiro atoms. The number of carbonyl (C=O) groups excluding carboxylic acids is 2. The zero-order valence-corrected chi connectivity index (χ0v) is 18.3. The lowest BCUT2D eigenvalue weighted by atomic mass is 9.95. The number of anilines is 1. The predicted molar refractivity (Wildman–Crippen MR) is 119 cm³/mol. The third-order valence-corrected chi connectivity index (χ3v) is 6.20. The quantitative estimate of drug-likeness (QED) is 0.585. The molecule has 0 aliphatic heterocycles. The van der Waals surface area contributed by atoms with Gasteiger partial charge in [0.15, 0.2) is 11.7 Å². The molecule has 0 radical (unpaired) electrons. The van der Waals surface area contributed by atoms with Crippen molar-refractivity contribution >= 4 is 29.0 Å². The van der Waals surface area contributed by atoms with Crippen molar-refractivity contribution in [2.24, 2.45) is 0 Å². The summed E-state index contributed by atoms with van der Waals surface area (Å²) in [6.07, 6.45) is 7.69. The van der Waals surface area contributed by atoms with Crippen LogP contribution in [0.25, 0.3) is 0 Å². The third-order valence-electron chi connectivity index (χ3n) is 5.69. The average molecular weight is 439 g/mol. The van der Waals surface area contributed by atoms with Gasteiger partial charge in [-0.3, -0.25) is 14.5 Å². The molecule has 1 N–H and O–H groups in total. The van der Waals surface area contributed by atoms with Gasteiger partial charge < -0.3 is 9.73 Å². The number of hydrogen-bond acceptors (Lipinski definition) is 6. The second kappa shape index (κ2) is 9.87. The van der Waals surface area contributed by atoms with Crippen molar-refractivity contribution in [1.82, 2.24) is 14.9 Å². The van der Waals surface area contributed by atoms with Crippen LogP contribution in [0.1, 0.15) is 66.9 Å². The van der Waals surface area contributed by atoms with Crippen LogP contribution in [-0.2, 0) is 11.2 Å². The highest BCUT2D eigenvalue weighted by molar-refractivity contribution is 7.03. The summed E-state index contributed by atoms with van der Waals surface area (Å²) in [5.74, 6) is -0.236. The largest absolute Gasteiger partial charge is 0.467 e. The van der Waals surface area contributed by atoms with E-state index in [9.17, 15) is 9.59 Å². The monoisotopic (exact) mass is 438 g/mol. The van der Waals surface area contributed by atoms with Crippen LogP contribution in [0.5, 0.6) is 0 Å². The summed E-state index contributed by atoms with van der Waals surface area (Å²) in [5.41, 5.74) is 1.95. The first-order valence-electron chi connectivity index (χ1n) is 10.7. The fourth-order valence-corrected chi connectivity index (χ4v) is 4.43. The maximum atomic E-state index is 13.5. The van der Waals surface area contributed by atoms with Crippen LogP contribution in [0.3, 0.4) is 0 Å². The Kier molecular flexibility index (Phi) is 6.76. The second-order valence-electron chi connectivity index (χ2n) is 7.75. The van der Waals surface area contributed by atoms with E-state index in [4.69, 9.17) is 4.42 Å². The summed E-state index contributed by atoms with van der Waals surface area (Å²) in [6.45, 7) is 2.07. The Morgan fingerprint density at radius 1 is 1.19 bits per heavy atom. The van der Waals surface area contributed by atoms with Crippen LogP contribution in [0.2, 0.25) is 0 Å². The van der Waals surface area contributed by atoms with E-state index < -0.39 is 11.9 Å². The van der Waals surface area contributed by atoms with Gasteiger partial charge in [-0.25, -0.2) is 0 Å². The van der Waals surface area contributed by atoms with Crippen molar-refractivity contribution in [1.29, 1.82) is 0 Å². The summed E-state index contributed by atoms with van der Waals surface area (Å²) in [5, 5.41) is 8.70. The zero-order chi connectivity index (χ0) is 21.6. The number of nitrogens with zero attached hydrogens (tertiary/aromatic N) is 3. The highest BCUT2D eigenvalue weighted by Crippen LogP contribution is 2.31. The predicted octanol–water partition coefficient (Wildman–Crippen LogP) is 4.53. The van der Waals surface area contributed by atoms with Gasteiger partial charge in [0.1, 0.15) is 5.76 Å². The fourth-order valence-electron chi connectivity index (χ4n) is 4.00. The van der Waals surface area contributed by atoms with Gasteiger partial charge in [-0.15, -0.1) is 5.10 Å². The van der Waals surface area contributed by atoms with Crippen molar-refractivity contribution in [2.45, 2.75) is 57.5 Å². The molecule has 1 fully saturated rings. The number of aryl methyl sites for hydroxylation is 1. The lowest BCUT2D eigenvalue weighted by Gasteiger charge is -2.31. The SMILES string of the molecule is CCc1ccc(N(C(=O)c2csnn2)C(C(=O)NC2CCCCC2)c2ccco2)cc1. The summed E-state index contributed by atoms with van der Waals surface area (Å²) >= 11 is 1.10. The Labute approximate surface area is 185 Å². The zero-order valence-electron chi connectivity index (χ0n) is 17.5. The molecule has 3 aromatic rings. The Hall–Kier alpha value is -3.00.